The fraction of sp³-hybridized carbons (Fsp3) is 0.0476. The number of benzene rings is 2. The molecule has 3 rings (SSSR count). The molecule has 0 unspecified atom stereocenters. The highest BCUT2D eigenvalue weighted by atomic mass is 16.6. The topological polar surface area (TPSA) is 127 Å². The van der Waals surface area contributed by atoms with E-state index in [1.807, 2.05) is 0 Å². The van der Waals surface area contributed by atoms with Crippen LogP contribution in [0.15, 0.2) is 78.2 Å². The van der Waals surface area contributed by atoms with E-state index < -0.39 is 4.92 Å². The lowest BCUT2D eigenvalue weighted by atomic mass is 10.1. The third-order valence-corrected chi connectivity index (χ3v) is 4.15. The fourth-order valence-corrected chi connectivity index (χ4v) is 2.49. The summed E-state index contributed by atoms with van der Waals surface area (Å²) in [4.78, 5) is 38.3. The largest absolute Gasteiger partial charge is 0.322 e. The van der Waals surface area contributed by atoms with Crippen molar-refractivity contribution < 1.29 is 14.5 Å². The van der Waals surface area contributed by atoms with Gasteiger partial charge >= 0.3 is 0 Å². The zero-order valence-electron chi connectivity index (χ0n) is 15.9. The van der Waals surface area contributed by atoms with Gasteiger partial charge in [0, 0.05) is 35.8 Å². The highest BCUT2D eigenvalue weighted by Crippen LogP contribution is 2.15. The molecule has 9 heteroatoms. The third kappa shape index (κ3) is 5.10. The normalized spacial score (nSPS) is 10.9. The number of hydrogen-bond acceptors (Lipinski definition) is 6. The average Bonchev–Trinajstić information content (AvgIpc) is 2.78. The summed E-state index contributed by atoms with van der Waals surface area (Å²) in [5.74, 6) is -0.749. The molecule has 1 heterocycles. The number of non-ortho nitro benzene ring substituents is 1. The summed E-state index contributed by atoms with van der Waals surface area (Å²) in [6.45, 7) is 1.74. The monoisotopic (exact) mass is 403 g/mol. The zero-order chi connectivity index (χ0) is 21.5. The molecule has 150 valence electrons. The van der Waals surface area contributed by atoms with E-state index in [9.17, 15) is 19.7 Å². The number of hydrogen-bond donors (Lipinski definition) is 2. The van der Waals surface area contributed by atoms with E-state index in [2.05, 4.69) is 20.8 Å². The molecule has 0 saturated heterocycles. The number of carbonyl (C=O) groups excluding carboxylic acids is 2. The highest BCUT2D eigenvalue weighted by molar-refractivity contribution is 6.05. The van der Waals surface area contributed by atoms with E-state index in [4.69, 9.17) is 0 Å². The number of amides is 2. The number of hydrazone groups is 1. The number of anilines is 1. The van der Waals surface area contributed by atoms with Gasteiger partial charge in [-0.1, -0.05) is 12.1 Å². The van der Waals surface area contributed by atoms with Crippen LogP contribution in [0.5, 0.6) is 0 Å². The molecule has 0 atom stereocenters. The van der Waals surface area contributed by atoms with Crippen molar-refractivity contribution in [2.75, 3.05) is 5.32 Å². The zero-order valence-corrected chi connectivity index (χ0v) is 15.9. The summed E-state index contributed by atoms with van der Waals surface area (Å²) < 4.78 is 0. The molecule has 3 aromatic rings. The molecule has 0 spiro atoms. The molecule has 0 bridgehead atoms. The second kappa shape index (κ2) is 9.20. The molecule has 0 radical (unpaired) electrons. The number of nitrogens with zero attached hydrogens (tertiary/aromatic N) is 3. The van der Waals surface area contributed by atoms with E-state index in [1.54, 1.807) is 49.5 Å². The van der Waals surface area contributed by atoms with Crippen molar-refractivity contribution in [2.24, 2.45) is 5.10 Å². The van der Waals surface area contributed by atoms with E-state index in [0.29, 0.717) is 22.5 Å². The first-order chi connectivity index (χ1) is 14.4. The second-order valence-electron chi connectivity index (χ2n) is 6.22. The van der Waals surface area contributed by atoms with E-state index >= 15 is 0 Å². The summed E-state index contributed by atoms with van der Waals surface area (Å²) in [5.41, 5.74) is 4.99. The maximum absolute atomic E-state index is 12.3. The van der Waals surface area contributed by atoms with E-state index in [0.717, 1.165) is 5.56 Å². The predicted octanol–water partition coefficient (Wildman–Crippen LogP) is 3.40. The Hall–Kier alpha value is -4.40. The van der Waals surface area contributed by atoms with E-state index in [1.165, 1.54) is 30.5 Å². The molecule has 2 amide bonds. The SMILES string of the molecule is C/C(=N/NC(=O)c1cccnc1)c1ccc(NC(=O)c2ccc([N+](=O)[O-])cc2)cc1. The first-order valence-corrected chi connectivity index (χ1v) is 8.85. The van der Waals surface area contributed by atoms with Gasteiger partial charge in [-0.15, -0.1) is 0 Å². The Kier molecular flexibility index (Phi) is 6.23. The van der Waals surface area contributed by atoms with Gasteiger partial charge < -0.3 is 5.32 Å². The molecule has 30 heavy (non-hydrogen) atoms. The Morgan fingerprint density at radius 1 is 0.933 bits per heavy atom. The molecule has 0 aliphatic heterocycles. The molecule has 9 nitrogen and oxygen atoms in total. The minimum atomic E-state index is -0.524. The molecule has 1 aromatic heterocycles. The highest BCUT2D eigenvalue weighted by Gasteiger charge is 2.10. The van der Waals surface area contributed by atoms with Crippen molar-refractivity contribution >= 4 is 28.9 Å². The van der Waals surface area contributed by atoms with Gasteiger partial charge in [0.05, 0.1) is 16.2 Å². The summed E-state index contributed by atoms with van der Waals surface area (Å²) >= 11 is 0. The minimum absolute atomic E-state index is 0.0821. The van der Waals surface area contributed by atoms with Crippen molar-refractivity contribution in [3.8, 4) is 0 Å². The van der Waals surface area contributed by atoms with Crippen LogP contribution < -0.4 is 10.7 Å². The lowest BCUT2D eigenvalue weighted by Gasteiger charge is -2.07. The quantitative estimate of drug-likeness (QED) is 0.370. The Morgan fingerprint density at radius 2 is 1.60 bits per heavy atom. The van der Waals surface area contributed by atoms with Crippen LogP contribution in [0, 0.1) is 10.1 Å². The molecule has 0 aliphatic rings. The van der Waals surface area contributed by atoms with Crippen molar-refractivity contribution in [2.45, 2.75) is 6.92 Å². The van der Waals surface area contributed by atoms with Gasteiger partial charge in [-0.05, 0) is 48.9 Å². The third-order valence-electron chi connectivity index (χ3n) is 4.15. The number of pyridine rings is 1. The van der Waals surface area contributed by atoms with Crippen molar-refractivity contribution in [3.05, 3.63) is 99.9 Å². The standard InChI is InChI=1S/C21H17N5O4/c1-14(24-25-21(28)17-3-2-12-22-13-17)15-4-8-18(9-5-15)23-20(27)16-6-10-19(11-7-16)26(29)30/h2-13H,1H3,(H,23,27)(H,25,28)/b24-14-. The van der Waals surface area contributed by atoms with Crippen LogP contribution in [0.25, 0.3) is 0 Å². The number of rotatable bonds is 6. The number of aromatic nitrogens is 1. The Labute approximate surface area is 171 Å². The summed E-state index contributed by atoms with van der Waals surface area (Å²) in [6, 6.07) is 15.5. The predicted molar refractivity (Wildman–Crippen MR) is 111 cm³/mol. The maximum atomic E-state index is 12.3. The molecule has 0 saturated carbocycles. The van der Waals surface area contributed by atoms with E-state index in [-0.39, 0.29) is 17.5 Å². The lowest BCUT2D eigenvalue weighted by Crippen LogP contribution is -2.19. The van der Waals surface area contributed by atoms with Crippen LogP contribution in [0.1, 0.15) is 33.2 Å². The van der Waals surface area contributed by atoms with Gasteiger partial charge in [0.2, 0.25) is 0 Å². The van der Waals surface area contributed by atoms with Crippen molar-refractivity contribution in [1.29, 1.82) is 0 Å². The summed E-state index contributed by atoms with van der Waals surface area (Å²) in [5, 5.41) is 17.5. The molecule has 0 fully saturated rings. The van der Waals surface area contributed by atoms with Crippen LogP contribution in [0.4, 0.5) is 11.4 Å². The number of carbonyl (C=O) groups is 2. The summed E-state index contributed by atoms with van der Waals surface area (Å²) in [6.07, 6.45) is 3.02. The number of nitro benzene ring substituents is 1. The molecule has 2 N–H and O–H groups in total. The molecular weight excluding hydrogens is 386 g/mol. The van der Waals surface area contributed by atoms with Gasteiger partial charge in [-0.25, -0.2) is 5.43 Å². The number of nitro groups is 1. The van der Waals surface area contributed by atoms with Crippen molar-refractivity contribution in [3.63, 3.8) is 0 Å². The Balaban J connectivity index is 1.61. The first kappa shape index (κ1) is 20.3. The smallest absolute Gasteiger partial charge is 0.272 e. The van der Waals surface area contributed by atoms with Crippen LogP contribution in [0.3, 0.4) is 0 Å². The van der Waals surface area contributed by atoms with Gasteiger partial charge in [0.25, 0.3) is 17.5 Å². The van der Waals surface area contributed by atoms with Gasteiger partial charge in [0.15, 0.2) is 0 Å². The Bertz CT molecular complexity index is 1090. The minimum Gasteiger partial charge on any atom is -0.322 e. The number of nitrogens with one attached hydrogen (secondary N) is 2. The van der Waals surface area contributed by atoms with Crippen LogP contribution in [0.2, 0.25) is 0 Å². The maximum Gasteiger partial charge on any atom is 0.272 e. The van der Waals surface area contributed by atoms with Crippen LogP contribution in [-0.2, 0) is 0 Å². The van der Waals surface area contributed by atoms with Crippen LogP contribution >= 0.6 is 0 Å². The second-order valence-corrected chi connectivity index (χ2v) is 6.22. The molecule has 0 aliphatic carbocycles. The van der Waals surface area contributed by atoms with Crippen molar-refractivity contribution in [1.82, 2.24) is 10.4 Å². The lowest BCUT2D eigenvalue weighted by molar-refractivity contribution is -0.384. The van der Waals surface area contributed by atoms with Crippen LogP contribution in [-0.4, -0.2) is 27.4 Å². The Morgan fingerprint density at radius 3 is 2.20 bits per heavy atom. The molecule has 2 aromatic carbocycles. The fourth-order valence-electron chi connectivity index (χ4n) is 2.49. The first-order valence-electron chi connectivity index (χ1n) is 8.85. The van der Waals surface area contributed by atoms with Gasteiger partial charge in [-0.3, -0.25) is 24.7 Å². The summed E-state index contributed by atoms with van der Waals surface area (Å²) in [7, 11) is 0. The average molecular weight is 403 g/mol. The molecular formula is C21H17N5O4. The van der Waals surface area contributed by atoms with Gasteiger partial charge in [0.1, 0.15) is 0 Å². The van der Waals surface area contributed by atoms with Gasteiger partial charge in [-0.2, -0.15) is 5.10 Å².